The fraction of sp³-hybridized carbons (Fsp3) is 0.269. The van der Waals surface area contributed by atoms with Gasteiger partial charge in [-0.25, -0.2) is 0 Å². The van der Waals surface area contributed by atoms with Crippen LogP contribution < -0.4 is 0 Å². The van der Waals surface area contributed by atoms with Crippen molar-refractivity contribution in [2.75, 3.05) is 0 Å². The van der Waals surface area contributed by atoms with Gasteiger partial charge in [-0.15, -0.1) is 0 Å². The summed E-state index contributed by atoms with van der Waals surface area (Å²) in [6.45, 7) is 3.92. The number of hydrogen-bond donors (Lipinski definition) is 2. The van der Waals surface area contributed by atoms with Crippen molar-refractivity contribution in [2.45, 2.75) is 44.1 Å². The van der Waals surface area contributed by atoms with Gasteiger partial charge in [0.05, 0.1) is 5.41 Å². The Bertz CT molecular complexity index is 921. The molecule has 0 aromatic heterocycles. The zero-order valence-electron chi connectivity index (χ0n) is 18.1. The third kappa shape index (κ3) is 4.09. The van der Waals surface area contributed by atoms with Crippen molar-refractivity contribution in [2.24, 2.45) is 0 Å². The molecular formula is C26H29BO4. The van der Waals surface area contributed by atoms with Crippen LogP contribution in [0.1, 0.15) is 49.8 Å². The molecule has 0 amide bonds. The monoisotopic (exact) mass is 416 g/mol. The number of carbonyl (C=O) groups is 1. The fourth-order valence-corrected chi connectivity index (χ4v) is 4.77. The van der Waals surface area contributed by atoms with Crippen LogP contribution in [0.25, 0.3) is 0 Å². The average Bonchev–Trinajstić information content (AvgIpc) is 2.81. The van der Waals surface area contributed by atoms with Gasteiger partial charge >= 0.3 is 7.32 Å². The molecule has 3 rings (SSSR count). The highest BCUT2D eigenvalue weighted by Gasteiger charge is 2.59. The topological polar surface area (TPSA) is 66.8 Å². The van der Waals surface area contributed by atoms with E-state index in [-0.39, 0.29) is 5.78 Å². The van der Waals surface area contributed by atoms with E-state index < -0.39 is 18.3 Å². The van der Waals surface area contributed by atoms with E-state index in [1.165, 1.54) is 0 Å². The molecule has 31 heavy (non-hydrogen) atoms. The Kier molecular flexibility index (Phi) is 7.44. The molecule has 0 heterocycles. The molecule has 1 atom stereocenters. The Morgan fingerprint density at radius 1 is 0.774 bits per heavy atom. The predicted octanol–water partition coefficient (Wildman–Crippen LogP) is 4.63. The van der Waals surface area contributed by atoms with E-state index in [2.05, 4.69) is 0 Å². The summed E-state index contributed by atoms with van der Waals surface area (Å²) in [5, 5.41) is 20.3. The Labute approximate surface area is 184 Å². The molecule has 3 aromatic carbocycles. The third-order valence-electron chi connectivity index (χ3n) is 5.99. The highest BCUT2D eigenvalue weighted by atomic mass is 16.6. The summed E-state index contributed by atoms with van der Waals surface area (Å²) in [6, 6.07) is 28.3. The molecule has 0 saturated carbocycles. The number of rotatable bonds is 10. The molecule has 3 aromatic rings. The second-order valence-corrected chi connectivity index (χ2v) is 7.66. The van der Waals surface area contributed by atoms with Crippen molar-refractivity contribution in [1.82, 2.24) is 0 Å². The van der Waals surface area contributed by atoms with Crippen LogP contribution in [0.5, 0.6) is 0 Å². The minimum Gasteiger partial charge on any atom is -0.402 e. The van der Waals surface area contributed by atoms with Crippen LogP contribution in [0.2, 0.25) is 0 Å². The van der Waals surface area contributed by atoms with Crippen LogP contribution in [-0.4, -0.2) is 23.2 Å². The number of Topliss-reactive ketones (excluding diaryl/α,β-unsaturated/α-hetero) is 1. The number of ketones is 1. The summed E-state index contributed by atoms with van der Waals surface area (Å²) < 4.78 is 6.08. The smallest absolute Gasteiger partial charge is 0.402 e. The molecule has 0 aliphatic carbocycles. The van der Waals surface area contributed by atoms with Crippen LogP contribution in [-0.2, 0) is 20.5 Å². The molecular weight excluding hydrogens is 387 g/mol. The molecule has 2 N–H and O–H groups in total. The molecule has 0 spiro atoms. The quantitative estimate of drug-likeness (QED) is 0.473. The number of carbonyl (C=O) groups excluding carboxylic acids is 1. The second kappa shape index (κ2) is 10.1. The highest BCUT2D eigenvalue weighted by Crippen LogP contribution is 2.53. The van der Waals surface area contributed by atoms with Gasteiger partial charge in [0.1, 0.15) is 11.4 Å². The molecule has 4 nitrogen and oxygen atoms in total. The van der Waals surface area contributed by atoms with Crippen molar-refractivity contribution >= 4 is 13.1 Å². The van der Waals surface area contributed by atoms with Crippen molar-refractivity contribution in [3.05, 3.63) is 108 Å². The molecule has 160 valence electrons. The van der Waals surface area contributed by atoms with Gasteiger partial charge in [0.25, 0.3) is 0 Å². The minimum absolute atomic E-state index is 0.00273. The molecule has 0 bridgehead atoms. The summed E-state index contributed by atoms with van der Waals surface area (Å²) in [5.74, 6) is -0.00273. The average molecular weight is 416 g/mol. The SMILES string of the molecule is CCCC(=O)C(CC)(c1ccccc1)C(OB(O)O)(c1ccccc1)c1ccccc1. The summed E-state index contributed by atoms with van der Waals surface area (Å²) in [5.41, 5.74) is -0.485. The lowest BCUT2D eigenvalue weighted by molar-refractivity contribution is -0.135. The zero-order valence-corrected chi connectivity index (χ0v) is 18.1. The Morgan fingerprint density at radius 3 is 1.55 bits per heavy atom. The summed E-state index contributed by atoms with van der Waals surface area (Å²) in [7, 11) is -2.08. The molecule has 0 radical (unpaired) electrons. The van der Waals surface area contributed by atoms with Gasteiger partial charge in [0.2, 0.25) is 0 Å². The molecule has 5 heteroatoms. The van der Waals surface area contributed by atoms with E-state index in [1.807, 2.05) is 105 Å². The van der Waals surface area contributed by atoms with Gasteiger partial charge in [0.15, 0.2) is 0 Å². The first-order chi connectivity index (χ1) is 15.0. The largest absolute Gasteiger partial charge is 0.634 e. The van der Waals surface area contributed by atoms with E-state index in [0.29, 0.717) is 30.4 Å². The van der Waals surface area contributed by atoms with Gasteiger partial charge in [0, 0.05) is 6.42 Å². The maximum Gasteiger partial charge on any atom is 0.634 e. The van der Waals surface area contributed by atoms with E-state index >= 15 is 0 Å². The molecule has 0 aliphatic rings. The van der Waals surface area contributed by atoms with Crippen molar-refractivity contribution < 1.29 is 19.5 Å². The number of hydrogen-bond acceptors (Lipinski definition) is 4. The van der Waals surface area contributed by atoms with Crippen LogP contribution in [0.3, 0.4) is 0 Å². The lowest BCUT2D eigenvalue weighted by atomic mass is 9.57. The Hall–Kier alpha value is -2.73. The maximum absolute atomic E-state index is 14.0. The van der Waals surface area contributed by atoms with Gasteiger partial charge in [-0.3, -0.25) is 4.79 Å². The van der Waals surface area contributed by atoms with E-state index in [1.54, 1.807) is 0 Å². The van der Waals surface area contributed by atoms with E-state index in [9.17, 15) is 14.8 Å². The van der Waals surface area contributed by atoms with Gasteiger partial charge in [-0.2, -0.15) is 0 Å². The standard InChI is InChI=1S/C26H29BO4/c1-3-14-24(28)25(4-2,21-15-8-5-9-16-21)26(31-27(29)30,22-17-10-6-11-18-22)23-19-12-7-13-20-23/h5-13,15-20,29-30H,3-4,14H2,1-2H3. The van der Waals surface area contributed by atoms with E-state index in [4.69, 9.17) is 4.65 Å². The van der Waals surface area contributed by atoms with Crippen LogP contribution in [0.15, 0.2) is 91.0 Å². The lowest BCUT2D eigenvalue weighted by Crippen LogP contribution is -2.58. The van der Waals surface area contributed by atoms with Crippen LogP contribution >= 0.6 is 0 Å². The van der Waals surface area contributed by atoms with Crippen LogP contribution in [0, 0.1) is 0 Å². The number of benzene rings is 3. The zero-order chi connectivity index (χ0) is 22.3. The fourth-order valence-electron chi connectivity index (χ4n) is 4.77. The third-order valence-corrected chi connectivity index (χ3v) is 5.99. The van der Waals surface area contributed by atoms with E-state index in [0.717, 1.165) is 5.56 Å². The normalized spacial score (nSPS) is 13.4. The van der Waals surface area contributed by atoms with Crippen molar-refractivity contribution in [3.63, 3.8) is 0 Å². The lowest BCUT2D eigenvalue weighted by Gasteiger charge is -2.50. The summed E-state index contributed by atoms with van der Waals surface area (Å²) in [4.78, 5) is 14.0. The Balaban J connectivity index is 2.50. The van der Waals surface area contributed by atoms with Gasteiger partial charge < -0.3 is 14.7 Å². The molecule has 1 unspecified atom stereocenters. The van der Waals surface area contributed by atoms with Gasteiger partial charge in [-0.05, 0) is 29.5 Å². The molecule has 0 saturated heterocycles. The molecule has 0 fully saturated rings. The Morgan fingerprint density at radius 2 is 1.19 bits per heavy atom. The second-order valence-electron chi connectivity index (χ2n) is 7.66. The molecule has 0 aliphatic heterocycles. The summed E-state index contributed by atoms with van der Waals surface area (Å²) >= 11 is 0. The summed E-state index contributed by atoms with van der Waals surface area (Å²) in [6.07, 6.45) is 1.43. The minimum atomic E-state index is -2.08. The first-order valence-electron chi connectivity index (χ1n) is 10.8. The van der Waals surface area contributed by atoms with Crippen molar-refractivity contribution in [3.8, 4) is 0 Å². The maximum atomic E-state index is 14.0. The first-order valence-corrected chi connectivity index (χ1v) is 10.8. The predicted molar refractivity (Wildman–Crippen MR) is 123 cm³/mol. The highest BCUT2D eigenvalue weighted by molar-refractivity contribution is 6.33. The van der Waals surface area contributed by atoms with Crippen molar-refractivity contribution in [1.29, 1.82) is 0 Å². The first kappa shape index (κ1) is 22.9. The van der Waals surface area contributed by atoms with Crippen LogP contribution in [0.4, 0.5) is 0 Å². The van der Waals surface area contributed by atoms with Gasteiger partial charge in [-0.1, -0.05) is 105 Å².